The minimum Gasteiger partial charge on any atom is -0.370 e. The van der Waals surface area contributed by atoms with Crippen LogP contribution < -0.4 is 11.1 Å². The van der Waals surface area contributed by atoms with Gasteiger partial charge in [0.2, 0.25) is 5.91 Å². The third-order valence-electron chi connectivity index (χ3n) is 2.00. The Morgan fingerprint density at radius 2 is 2.20 bits per heavy atom. The summed E-state index contributed by atoms with van der Waals surface area (Å²) in [6, 6.07) is 3.96. The molecule has 1 unspecified atom stereocenters. The van der Waals surface area contributed by atoms with E-state index in [0.29, 0.717) is 6.42 Å². The summed E-state index contributed by atoms with van der Waals surface area (Å²) in [5, 5.41) is 3.14. The van der Waals surface area contributed by atoms with Crippen molar-refractivity contribution >= 4 is 11.7 Å². The molecule has 0 fully saturated rings. The normalized spacial score (nSPS) is 12.2. The lowest BCUT2D eigenvalue weighted by Gasteiger charge is -2.13. The van der Waals surface area contributed by atoms with Gasteiger partial charge >= 0.3 is 0 Å². The number of rotatable bonds is 4. The number of carbonyl (C=O) groups is 1. The zero-order valence-corrected chi connectivity index (χ0v) is 9.37. The Bertz CT molecular complexity index is 343. The zero-order chi connectivity index (χ0) is 11.4. The lowest BCUT2D eigenvalue weighted by Crippen LogP contribution is -2.24. The smallest absolute Gasteiger partial charge is 0.219 e. The molecule has 15 heavy (non-hydrogen) atoms. The first-order valence-corrected chi connectivity index (χ1v) is 4.97. The fourth-order valence-electron chi connectivity index (χ4n) is 1.52. The highest BCUT2D eigenvalue weighted by Crippen LogP contribution is 2.10. The van der Waals surface area contributed by atoms with E-state index in [1.54, 1.807) is 0 Å². The Kier molecular flexibility index (Phi) is 3.66. The lowest BCUT2D eigenvalue weighted by molar-refractivity contribution is -0.118. The van der Waals surface area contributed by atoms with Crippen LogP contribution in [0.25, 0.3) is 0 Å². The molecule has 1 amide bonds. The second-order valence-corrected chi connectivity index (χ2v) is 3.89. The number of aryl methyl sites for hydroxylation is 2. The van der Waals surface area contributed by atoms with E-state index in [-0.39, 0.29) is 11.9 Å². The maximum atomic E-state index is 10.7. The highest BCUT2D eigenvalue weighted by atomic mass is 16.1. The summed E-state index contributed by atoms with van der Waals surface area (Å²) in [5.41, 5.74) is 7.22. The number of primary amides is 1. The molecule has 0 saturated heterocycles. The Morgan fingerprint density at radius 3 is 2.73 bits per heavy atom. The van der Waals surface area contributed by atoms with Crippen LogP contribution in [-0.4, -0.2) is 16.9 Å². The van der Waals surface area contributed by atoms with E-state index in [0.717, 1.165) is 17.1 Å². The van der Waals surface area contributed by atoms with E-state index in [9.17, 15) is 4.79 Å². The lowest BCUT2D eigenvalue weighted by atomic mass is 10.2. The summed E-state index contributed by atoms with van der Waals surface area (Å²) < 4.78 is 0. The van der Waals surface area contributed by atoms with Gasteiger partial charge in [0.25, 0.3) is 0 Å². The molecule has 0 aliphatic heterocycles. The Morgan fingerprint density at radius 1 is 1.53 bits per heavy atom. The van der Waals surface area contributed by atoms with Gasteiger partial charge in [0.15, 0.2) is 0 Å². The molecule has 0 bridgehead atoms. The van der Waals surface area contributed by atoms with Crippen LogP contribution in [0.5, 0.6) is 0 Å². The zero-order valence-electron chi connectivity index (χ0n) is 9.37. The molecule has 0 radical (unpaired) electrons. The first-order valence-electron chi connectivity index (χ1n) is 4.97. The SMILES string of the molecule is Cc1cc(C)nc(NC(C)CC(N)=O)c1. The Balaban J connectivity index is 2.67. The van der Waals surface area contributed by atoms with Gasteiger partial charge in [0, 0.05) is 18.2 Å². The molecule has 0 aromatic carbocycles. The van der Waals surface area contributed by atoms with Crippen molar-refractivity contribution in [3.63, 3.8) is 0 Å². The molecular formula is C11H17N3O. The van der Waals surface area contributed by atoms with Gasteiger partial charge in [-0.1, -0.05) is 0 Å². The quantitative estimate of drug-likeness (QED) is 0.783. The van der Waals surface area contributed by atoms with Gasteiger partial charge in [-0.2, -0.15) is 0 Å². The molecule has 3 N–H and O–H groups in total. The highest BCUT2D eigenvalue weighted by Gasteiger charge is 2.06. The van der Waals surface area contributed by atoms with Gasteiger partial charge in [-0.15, -0.1) is 0 Å². The highest BCUT2D eigenvalue weighted by molar-refractivity contribution is 5.74. The molecule has 1 atom stereocenters. The van der Waals surface area contributed by atoms with Crippen LogP contribution in [-0.2, 0) is 4.79 Å². The van der Waals surface area contributed by atoms with Gasteiger partial charge in [-0.05, 0) is 38.5 Å². The van der Waals surface area contributed by atoms with Crippen LogP contribution in [0.2, 0.25) is 0 Å². The molecule has 82 valence electrons. The average molecular weight is 207 g/mol. The van der Waals surface area contributed by atoms with E-state index in [4.69, 9.17) is 5.73 Å². The van der Waals surface area contributed by atoms with Crippen molar-refractivity contribution in [3.05, 3.63) is 23.4 Å². The summed E-state index contributed by atoms with van der Waals surface area (Å²) >= 11 is 0. The number of nitrogens with one attached hydrogen (secondary N) is 1. The van der Waals surface area contributed by atoms with Crippen LogP contribution in [0.3, 0.4) is 0 Å². The van der Waals surface area contributed by atoms with Crippen molar-refractivity contribution < 1.29 is 4.79 Å². The maximum Gasteiger partial charge on any atom is 0.219 e. The fraction of sp³-hybridized carbons (Fsp3) is 0.455. The second kappa shape index (κ2) is 4.77. The molecule has 0 aliphatic rings. The van der Waals surface area contributed by atoms with Gasteiger partial charge in [0.1, 0.15) is 5.82 Å². The monoisotopic (exact) mass is 207 g/mol. The average Bonchev–Trinajstić information content (AvgIpc) is 1.98. The summed E-state index contributed by atoms with van der Waals surface area (Å²) in [4.78, 5) is 15.0. The largest absolute Gasteiger partial charge is 0.370 e. The first kappa shape index (κ1) is 11.5. The van der Waals surface area contributed by atoms with Gasteiger partial charge in [0.05, 0.1) is 0 Å². The van der Waals surface area contributed by atoms with Gasteiger partial charge in [-0.3, -0.25) is 4.79 Å². The van der Waals surface area contributed by atoms with E-state index < -0.39 is 0 Å². The number of nitrogens with two attached hydrogens (primary N) is 1. The van der Waals surface area contributed by atoms with Crippen molar-refractivity contribution in [2.75, 3.05) is 5.32 Å². The third-order valence-corrected chi connectivity index (χ3v) is 2.00. The molecule has 4 heteroatoms. The molecule has 1 aromatic heterocycles. The van der Waals surface area contributed by atoms with Gasteiger partial charge in [-0.25, -0.2) is 4.98 Å². The number of nitrogens with zero attached hydrogens (tertiary/aromatic N) is 1. The number of aromatic nitrogens is 1. The van der Waals surface area contributed by atoms with Crippen LogP contribution in [0.4, 0.5) is 5.82 Å². The molecule has 1 heterocycles. The van der Waals surface area contributed by atoms with E-state index >= 15 is 0 Å². The molecular weight excluding hydrogens is 190 g/mol. The van der Waals surface area contributed by atoms with Crippen LogP contribution >= 0.6 is 0 Å². The number of hydrogen-bond donors (Lipinski definition) is 2. The van der Waals surface area contributed by atoms with E-state index in [1.165, 1.54) is 0 Å². The predicted molar refractivity (Wildman–Crippen MR) is 60.6 cm³/mol. The number of carbonyl (C=O) groups excluding carboxylic acids is 1. The summed E-state index contributed by atoms with van der Waals surface area (Å²) in [6.07, 6.45) is 0.314. The van der Waals surface area contributed by atoms with Gasteiger partial charge < -0.3 is 11.1 Å². The fourth-order valence-corrected chi connectivity index (χ4v) is 1.52. The number of amides is 1. The minimum absolute atomic E-state index is 0.0104. The molecule has 0 saturated carbocycles. The van der Waals surface area contributed by atoms with Crippen LogP contribution in [0, 0.1) is 13.8 Å². The maximum absolute atomic E-state index is 10.7. The molecule has 0 spiro atoms. The Labute approximate surface area is 89.9 Å². The van der Waals surface area contributed by atoms with E-state index in [1.807, 2.05) is 32.9 Å². The van der Waals surface area contributed by atoms with Crippen molar-refractivity contribution in [1.82, 2.24) is 4.98 Å². The summed E-state index contributed by atoms with van der Waals surface area (Å²) in [6.45, 7) is 5.86. The second-order valence-electron chi connectivity index (χ2n) is 3.89. The standard InChI is InChI=1S/C11H17N3O/c1-7-4-8(2)13-11(5-7)14-9(3)6-10(12)15/h4-5,9H,6H2,1-3H3,(H2,12,15)(H,13,14). The topological polar surface area (TPSA) is 68.0 Å². The third kappa shape index (κ3) is 3.97. The minimum atomic E-state index is -0.306. The number of hydrogen-bond acceptors (Lipinski definition) is 3. The molecule has 1 aromatic rings. The van der Waals surface area contributed by atoms with Crippen LogP contribution in [0.15, 0.2) is 12.1 Å². The van der Waals surface area contributed by atoms with Crippen molar-refractivity contribution in [2.24, 2.45) is 5.73 Å². The number of pyridine rings is 1. The first-order chi connectivity index (χ1) is 6.97. The molecule has 4 nitrogen and oxygen atoms in total. The van der Waals surface area contributed by atoms with Crippen molar-refractivity contribution in [3.8, 4) is 0 Å². The summed E-state index contributed by atoms with van der Waals surface area (Å²) in [5.74, 6) is 0.487. The van der Waals surface area contributed by atoms with Crippen molar-refractivity contribution in [1.29, 1.82) is 0 Å². The predicted octanol–water partition coefficient (Wildman–Crippen LogP) is 1.37. The van der Waals surface area contributed by atoms with Crippen LogP contribution in [0.1, 0.15) is 24.6 Å². The van der Waals surface area contributed by atoms with Crippen molar-refractivity contribution in [2.45, 2.75) is 33.2 Å². The number of anilines is 1. The molecule has 0 aliphatic carbocycles. The van der Waals surface area contributed by atoms with E-state index in [2.05, 4.69) is 10.3 Å². The Hall–Kier alpha value is -1.58. The summed E-state index contributed by atoms with van der Waals surface area (Å²) in [7, 11) is 0. The molecule has 1 rings (SSSR count).